The van der Waals surface area contributed by atoms with Gasteiger partial charge in [-0.15, -0.1) is 11.3 Å². The molecule has 1 fully saturated rings. The largest absolute Gasteiger partial charge is 0.317 e. The highest BCUT2D eigenvalue weighted by molar-refractivity contribution is 7.21. The molecule has 0 unspecified atom stereocenters. The molecule has 0 aliphatic carbocycles. The van der Waals surface area contributed by atoms with Gasteiger partial charge in [-0.1, -0.05) is 6.07 Å². The Morgan fingerprint density at radius 2 is 1.97 bits per heavy atom. The smallest absolute Gasteiger partial charge is 0.229 e. The highest BCUT2D eigenvalue weighted by Gasteiger charge is 2.19. The number of aryl methyl sites for hydroxylation is 1. The molecule has 5 rings (SSSR count). The van der Waals surface area contributed by atoms with Gasteiger partial charge < -0.3 is 15.2 Å². The second-order valence-corrected chi connectivity index (χ2v) is 9.47. The van der Waals surface area contributed by atoms with Crippen LogP contribution in [0.25, 0.3) is 20.9 Å². The van der Waals surface area contributed by atoms with Crippen LogP contribution in [0.5, 0.6) is 0 Å². The Balaban J connectivity index is 1.40. The zero-order valence-corrected chi connectivity index (χ0v) is 19.2. The van der Waals surface area contributed by atoms with Crippen LogP contribution in [-0.2, 0) is 0 Å². The number of hydrogen-bond acceptors (Lipinski definition) is 7. The third kappa shape index (κ3) is 3.98. The molecule has 0 spiro atoms. The fraction of sp³-hybridized carbons (Fsp3) is 0.391. The van der Waals surface area contributed by atoms with Crippen LogP contribution in [0.3, 0.4) is 0 Å². The second-order valence-electron chi connectivity index (χ2n) is 8.44. The summed E-state index contributed by atoms with van der Waals surface area (Å²) in [6.07, 6.45) is 5.37. The van der Waals surface area contributed by atoms with Crippen molar-refractivity contribution in [2.24, 2.45) is 0 Å². The number of pyridine rings is 1. The molecular weight excluding hydrogens is 425 g/mol. The Hall–Kier alpha value is -2.91. The average molecular weight is 452 g/mol. The first-order valence-corrected chi connectivity index (χ1v) is 11.8. The number of anilines is 2. The average Bonchev–Trinajstić information content (AvgIpc) is 3.32. The van der Waals surface area contributed by atoms with Gasteiger partial charge in [-0.2, -0.15) is 0 Å². The van der Waals surface area contributed by atoms with Crippen molar-refractivity contribution in [3.05, 3.63) is 47.8 Å². The minimum atomic E-state index is -0.457. The molecule has 1 saturated heterocycles. The predicted molar refractivity (Wildman–Crippen MR) is 126 cm³/mol. The number of hydrogen-bond donors (Lipinski definition) is 2. The van der Waals surface area contributed by atoms with E-state index in [4.69, 9.17) is 0 Å². The Kier molecular flexibility index (Phi) is 5.60. The summed E-state index contributed by atoms with van der Waals surface area (Å²) in [6.45, 7) is 8.31. The highest BCUT2D eigenvalue weighted by Crippen LogP contribution is 2.36. The monoisotopic (exact) mass is 451 g/mol. The van der Waals surface area contributed by atoms with E-state index in [1.807, 2.05) is 25.3 Å². The fourth-order valence-corrected chi connectivity index (χ4v) is 5.58. The van der Waals surface area contributed by atoms with Crippen molar-refractivity contribution < 1.29 is 4.39 Å². The van der Waals surface area contributed by atoms with E-state index in [1.54, 1.807) is 0 Å². The summed E-state index contributed by atoms with van der Waals surface area (Å²) in [6, 6.07) is 6.20. The molecule has 1 aliphatic heterocycles. The number of piperidine rings is 1. The molecule has 4 aromatic heterocycles. The van der Waals surface area contributed by atoms with Gasteiger partial charge in [-0.05, 0) is 70.3 Å². The molecule has 166 valence electrons. The summed E-state index contributed by atoms with van der Waals surface area (Å²) in [4.78, 5) is 19.5. The van der Waals surface area contributed by atoms with Gasteiger partial charge in [0.25, 0.3) is 0 Å². The Morgan fingerprint density at radius 3 is 2.69 bits per heavy atom. The van der Waals surface area contributed by atoms with Gasteiger partial charge >= 0.3 is 0 Å². The maximum absolute atomic E-state index is 14.6. The lowest BCUT2D eigenvalue weighted by molar-refractivity contribution is 0.459. The molecule has 0 atom stereocenters. The van der Waals surface area contributed by atoms with Crippen LogP contribution >= 0.6 is 11.3 Å². The van der Waals surface area contributed by atoms with Crippen LogP contribution in [-0.4, -0.2) is 37.6 Å². The van der Waals surface area contributed by atoms with Crippen LogP contribution < -0.4 is 10.6 Å². The molecule has 2 N–H and O–H groups in total. The van der Waals surface area contributed by atoms with Gasteiger partial charge in [0.2, 0.25) is 5.95 Å². The number of nitrogens with one attached hydrogen (secondary N) is 2. The SMILES string of the molecule is Cc1nc2cc(-c3nc(Nc4ccc(C5CCNCC5)cn4)ncc3F)sc2n1C(C)C. The van der Waals surface area contributed by atoms with Gasteiger partial charge in [-0.3, -0.25) is 0 Å². The molecule has 32 heavy (non-hydrogen) atoms. The number of imidazole rings is 1. The number of aromatic nitrogens is 5. The van der Waals surface area contributed by atoms with Crippen LogP contribution in [0.2, 0.25) is 0 Å². The number of halogens is 1. The molecule has 0 saturated carbocycles. The molecule has 0 radical (unpaired) electrons. The summed E-state index contributed by atoms with van der Waals surface area (Å²) in [5, 5.41) is 6.49. The number of fused-ring (bicyclic) bond motifs is 1. The second kappa shape index (κ2) is 8.55. The van der Waals surface area contributed by atoms with Gasteiger partial charge in [0.05, 0.1) is 11.1 Å². The minimum Gasteiger partial charge on any atom is -0.317 e. The summed E-state index contributed by atoms with van der Waals surface area (Å²) in [5.41, 5.74) is 2.38. The van der Waals surface area contributed by atoms with Crippen LogP contribution in [0.4, 0.5) is 16.2 Å². The molecule has 5 heterocycles. The summed E-state index contributed by atoms with van der Waals surface area (Å²) < 4.78 is 16.8. The van der Waals surface area contributed by atoms with E-state index in [2.05, 4.69) is 55.1 Å². The summed E-state index contributed by atoms with van der Waals surface area (Å²) >= 11 is 1.49. The number of rotatable bonds is 5. The molecule has 4 aromatic rings. The topological polar surface area (TPSA) is 80.6 Å². The van der Waals surface area contributed by atoms with E-state index < -0.39 is 5.82 Å². The van der Waals surface area contributed by atoms with E-state index in [-0.39, 0.29) is 11.7 Å². The van der Waals surface area contributed by atoms with Crippen molar-refractivity contribution in [1.82, 2.24) is 29.8 Å². The van der Waals surface area contributed by atoms with Gasteiger partial charge in [-0.25, -0.2) is 24.3 Å². The van der Waals surface area contributed by atoms with E-state index in [9.17, 15) is 4.39 Å². The number of thiophene rings is 1. The zero-order chi connectivity index (χ0) is 22.2. The summed E-state index contributed by atoms with van der Waals surface area (Å²) in [7, 11) is 0. The maximum atomic E-state index is 14.6. The van der Waals surface area contributed by atoms with Gasteiger partial charge in [0.15, 0.2) is 5.82 Å². The van der Waals surface area contributed by atoms with E-state index in [1.165, 1.54) is 23.1 Å². The zero-order valence-electron chi connectivity index (χ0n) is 18.4. The first-order chi connectivity index (χ1) is 15.5. The Morgan fingerprint density at radius 1 is 1.16 bits per heavy atom. The Bertz CT molecular complexity index is 1240. The fourth-order valence-electron chi connectivity index (χ4n) is 4.32. The van der Waals surface area contributed by atoms with Gasteiger partial charge in [0, 0.05) is 12.2 Å². The molecule has 0 aromatic carbocycles. The lowest BCUT2D eigenvalue weighted by Crippen LogP contribution is -2.26. The van der Waals surface area contributed by atoms with E-state index in [0.29, 0.717) is 17.7 Å². The molecular formula is C23H26FN7S. The number of nitrogens with zero attached hydrogens (tertiary/aromatic N) is 5. The van der Waals surface area contributed by atoms with Crippen molar-refractivity contribution in [3.8, 4) is 10.6 Å². The van der Waals surface area contributed by atoms with Crippen LogP contribution in [0.15, 0.2) is 30.6 Å². The molecule has 0 amide bonds. The third-order valence-corrected chi connectivity index (χ3v) is 7.00. The van der Waals surface area contributed by atoms with Crippen molar-refractivity contribution in [2.45, 2.75) is 45.6 Å². The molecule has 9 heteroatoms. The maximum Gasteiger partial charge on any atom is 0.229 e. The van der Waals surface area contributed by atoms with Gasteiger partial charge in [0.1, 0.15) is 27.7 Å². The van der Waals surface area contributed by atoms with Crippen molar-refractivity contribution >= 4 is 33.5 Å². The third-order valence-electron chi connectivity index (χ3n) is 5.87. The first kappa shape index (κ1) is 21.0. The van der Waals surface area contributed by atoms with Crippen molar-refractivity contribution in [2.75, 3.05) is 18.4 Å². The van der Waals surface area contributed by atoms with E-state index in [0.717, 1.165) is 47.0 Å². The molecule has 7 nitrogen and oxygen atoms in total. The van der Waals surface area contributed by atoms with Crippen LogP contribution in [0, 0.1) is 12.7 Å². The first-order valence-electron chi connectivity index (χ1n) is 10.9. The van der Waals surface area contributed by atoms with Crippen molar-refractivity contribution in [3.63, 3.8) is 0 Å². The standard InChI is InChI=1S/C23H26FN7S/c1-13(2)31-14(3)28-18-10-19(32-22(18)31)21-17(24)12-27-23(30-21)29-20-5-4-16(11-26-20)15-6-8-25-9-7-15/h4-5,10-13,15,25H,6-9H2,1-3H3,(H,26,27,29,30). The molecule has 0 bridgehead atoms. The quantitative estimate of drug-likeness (QED) is 0.435. The minimum absolute atomic E-state index is 0.268. The Labute approximate surface area is 190 Å². The summed E-state index contributed by atoms with van der Waals surface area (Å²) in [5.74, 6) is 2.00. The van der Waals surface area contributed by atoms with Crippen molar-refractivity contribution in [1.29, 1.82) is 0 Å². The lowest BCUT2D eigenvalue weighted by Gasteiger charge is -2.22. The lowest BCUT2D eigenvalue weighted by atomic mass is 9.91. The highest BCUT2D eigenvalue weighted by atomic mass is 32.1. The molecule has 1 aliphatic rings. The van der Waals surface area contributed by atoms with E-state index >= 15 is 0 Å². The normalized spacial score (nSPS) is 15.0. The predicted octanol–water partition coefficient (Wildman–Crippen LogP) is 5.19. The van der Waals surface area contributed by atoms with Crippen LogP contribution in [0.1, 0.15) is 50.0 Å².